The van der Waals surface area contributed by atoms with Crippen molar-refractivity contribution in [2.75, 3.05) is 5.32 Å². The Morgan fingerprint density at radius 1 is 1.35 bits per heavy atom. The number of nitrogens with zero attached hydrogens (tertiary/aromatic N) is 2. The Balaban J connectivity index is 2.28. The van der Waals surface area contributed by atoms with Gasteiger partial charge in [-0.2, -0.15) is 0 Å². The normalized spacial score (nSPS) is 10.3. The molecule has 0 saturated heterocycles. The van der Waals surface area contributed by atoms with Gasteiger partial charge in [-0.1, -0.05) is 20.4 Å². The molecular formula is C11H10BrN3OS. The molecule has 1 heterocycles. The van der Waals surface area contributed by atoms with Crippen LogP contribution in [-0.4, -0.2) is 15.5 Å². The van der Waals surface area contributed by atoms with E-state index in [1.165, 1.54) is 6.20 Å². The smallest absolute Gasteiger partial charge is 0.269 e. The van der Waals surface area contributed by atoms with Crippen molar-refractivity contribution in [2.24, 2.45) is 0 Å². The SMILES string of the molecule is Cc1cc(Br)cc(C)c1NC(=O)c1cnns1. The second-order valence-corrected chi connectivity index (χ2v) is 5.35. The molecule has 0 aliphatic carbocycles. The van der Waals surface area contributed by atoms with Gasteiger partial charge in [0.25, 0.3) is 5.91 Å². The van der Waals surface area contributed by atoms with Gasteiger partial charge >= 0.3 is 0 Å². The third kappa shape index (κ3) is 2.70. The predicted molar refractivity (Wildman–Crippen MR) is 71.5 cm³/mol. The highest BCUT2D eigenvalue weighted by molar-refractivity contribution is 9.10. The van der Waals surface area contributed by atoms with Gasteiger partial charge in [-0.3, -0.25) is 4.79 Å². The van der Waals surface area contributed by atoms with E-state index in [1.54, 1.807) is 0 Å². The molecule has 2 rings (SSSR count). The fourth-order valence-electron chi connectivity index (χ4n) is 1.55. The number of halogens is 1. The van der Waals surface area contributed by atoms with Crippen LogP contribution in [0, 0.1) is 13.8 Å². The summed E-state index contributed by atoms with van der Waals surface area (Å²) in [6.45, 7) is 3.91. The van der Waals surface area contributed by atoms with E-state index in [0.717, 1.165) is 32.8 Å². The summed E-state index contributed by atoms with van der Waals surface area (Å²) in [4.78, 5) is 12.4. The molecule has 0 radical (unpaired) electrons. The molecule has 6 heteroatoms. The standard InChI is InChI=1S/C11H10BrN3OS/c1-6-3-8(12)4-7(2)10(6)14-11(16)9-5-13-15-17-9/h3-5H,1-2H3,(H,14,16). The number of hydrogen-bond donors (Lipinski definition) is 1. The first-order chi connectivity index (χ1) is 8.08. The molecule has 0 saturated carbocycles. The summed E-state index contributed by atoms with van der Waals surface area (Å²) in [6.07, 6.45) is 1.46. The van der Waals surface area contributed by atoms with Crippen LogP contribution in [0.5, 0.6) is 0 Å². The number of amides is 1. The Kier molecular flexibility index (Phi) is 3.54. The minimum atomic E-state index is -0.173. The molecule has 4 nitrogen and oxygen atoms in total. The predicted octanol–water partition coefficient (Wildman–Crippen LogP) is 3.17. The number of carbonyl (C=O) groups is 1. The summed E-state index contributed by atoms with van der Waals surface area (Å²) in [5.74, 6) is -0.173. The Hall–Kier alpha value is -1.27. The number of nitrogens with one attached hydrogen (secondary N) is 1. The molecule has 0 spiro atoms. The van der Waals surface area contributed by atoms with Crippen LogP contribution in [0.2, 0.25) is 0 Å². The van der Waals surface area contributed by atoms with Crippen LogP contribution in [0.4, 0.5) is 5.69 Å². The Labute approximate surface area is 111 Å². The van der Waals surface area contributed by atoms with Crippen LogP contribution in [0.15, 0.2) is 22.8 Å². The van der Waals surface area contributed by atoms with Gasteiger partial charge in [0.1, 0.15) is 4.88 Å². The van der Waals surface area contributed by atoms with E-state index < -0.39 is 0 Å². The Morgan fingerprint density at radius 3 is 2.53 bits per heavy atom. The number of carbonyl (C=O) groups excluding carboxylic acids is 1. The fourth-order valence-corrected chi connectivity index (χ4v) is 2.65. The van der Waals surface area contributed by atoms with Crippen LogP contribution >= 0.6 is 27.5 Å². The van der Waals surface area contributed by atoms with Crippen molar-refractivity contribution in [1.29, 1.82) is 0 Å². The molecule has 0 unspecified atom stereocenters. The van der Waals surface area contributed by atoms with Crippen molar-refractivity contribution in [3.63, 3.8) is 0 Å². The highest BCUT2D eigenvalue weighted by Crippen LogP contribution is 2.25. The molecule has 1 aromatic heterocycles. The number of benzene rings is 1. The van der Waals surface area contributed by atoms with E-state index in [1.807, 2.05) is 26.0 Å². The zero-order valence-electron chi connectivity index (χ0n) is 9.32. The van der Waals surface area contributed by atoms with Gasteiger partial charge in [0.05, 0.1) is 6.20 Å². The van der Waals surface area contributed by atoms with Crippen molar-refractivity contribution < 1.29 is 4.79 Å². The molecule has 0 bridgehead atoms. The number of aromatic nitrogens is 2. The van der Waals surface area contributed by atoms with E-state index in [0.29, 0.717) is 4.88 Å². The molecule has 17 heavy (non-hydrogen) atoms. The average molecular weight is 312 g/mol. The maximum absolute atomic E-state index is 11.9. The second-order valence-electron chi connectivity index (χ2n) is 3.65. The molecule has 0 atom stereocenters. The molecule has 0 fully saturated rings. The van der Waals surface area contributed by atoms with Gasteiger partial charge in [-0.25, -0.2) is 0 Å². The molecule has 1 aromatic carbocycles. The van der Waals surface area contributed by atoms with E-state index in [-0.39, 0.29) is 5.91 Å². The Morgan fingerprint density at radius 2 is 2.00 bits per heavy atom. The van der Waals surface area contributed by atoms with Gasteiger partial charge < -0.3 is 5.32 Å². The zero-order chi connectivity index (χ0) is 12.4. The maximum Gasteiger partial charge on any atom is 0.269 e. The van der Waals surface area contributed by atoms with Gasteiger partial charge in [-0.15, -0.1) is 5.10 Å². The quantitative estimate of drug-likeness (QED) is 0.926. The van der Waals surface area contributed by atoms with E-state index in [4.69, 9.17) is 0 Å². The first-order valence-electron chi connectivity index (χ1n) is 4.93. The summed E-state index contributed by atoms with van der Waals surface area (Å²) in [7, 11) is 0. The Bertz CT molecular complexity index is 531. The number of anilines is 1. The molecule has 88 valence electrons. The molecule has 2 aromatic rings. The second kappa shape index (κ2) is 4.93. The molecule has 0 aliphatic heterocycles. The van der Waals surface area contributed by atoms with E-state index in [2.05, 4.69) is 30.8 Å². The monoisotopic (exact) mass is 311 g/mol. The lowest BCUT2D eigenvalue weighted by Crippen LogP contribution is -2.12. The average Bonchev–Trinajstić information content (AvgIpc) is 2.76. The van der Waals surface area contributed by atoms with Gasteiger partial charge in [-0.05, 0) is 48.6 Å². The van der Waals surface area contributed by atoms with Crippen LogP contribution in [0.1, 0.15) is 20.8 Å². The number of hydrogen-bond acceptors (Lipinski definition) is 4. The van der Waals surface area contributed by atoms with Crippen molar-refractivity contribution in [3.05, 3.63) is 38.8 Å². The highest BCUT2D eigenvalue weighted by atomic mass is 79.9. The maximum atomic E-state index is 11.9. The lowest BCUT2D eigenvalue weighted by molar-refractivity contribution is 0.103. The van der Waals surface area contributed by atoms with E-state index in [9.17, 15) is 4.79 Å². The fraction of sp³-hybridized carbons (Fsp3) is 0.182. The lowest BCUT2D eigenvalue weighted by Gasteiger charge is -2.11. The van der Waals surface area contributed by atoms with Crippen LogP contribution in [-0.2, 0) is 0 Å². The third-order valence-corrected chi connectivity index (χ3v) is 3.44. The number of rotatable bonds is 2. The summed E-state index contributed by atoms with van der Waals surface area (Å²) < 4.78 is 4.67. The van der Waals surface area contributed by atoms with Gasteiger partial charge in [0, 0.05) is 10.2 Å². The van der Waals surface area contributed by atoms with Gasteiger partial charge in [0.15, 0.2) is 0 Å². The summed E-state index contributed by atoms with van der Waals surface area (Å²) >= 11 is 4.50. The molecule has 1 N–H and O–H groups in total. The number of aryl methyl sites for hydroxylation is 2. The van der Waals surface area contributed by atoms with Crippen molar-refractivity contribution in [2.45, 2.75) is 13.8 Å². The lowest BCUT2D eigenvalue weighted by atomic mass is 10.1. The molecule has 1 amide bonds. The third-order valence-electron chi connectivity index (χ3n) is 2.32. The van der Waals surface area contributed by atoms with Crippen molar-refractivity contribution >= 4 is 39.1 Å². The van der Waals surface area contributed by atoms with Crippen molar-refractivity contribution in [1.82, 2.24) is 9.59 Å². The summed E-state index contributed by atoms with van der Waals surface area (Å²) in [5, 5.41) is 6.52. The van der Waals surface area contributed by atoms with E-state index >= 15 is 0 Å². The zero-order valence-corrected chi connectivity index (χ0v) is 11.7. The van der Waals surface area contributed by atoms with Gasteiger partial charge in [0.2, 0.25) is 0 Å². The van der Waals surface area contributed by atoms with Crippen LogP contribution < -0.4 is 5.32 Å². The minimum Gasteiger partial charge on any atom is -0.321 e. The highest BCUT2D eigenvalue weighted by Gasteiger charge is 2.12. The first kappa shape index (κ1) is 12.2. The van der Waals surface area contributed by atoms with Crippen LogP contribution in [0.25, 0.3) is 0 Å². The largest absolute Gasteiger partial charge is 0.321 e. The molecular weight excluding hydrogens is 302 g/mol. The van der Waals surface area contributed by atoms with Crippen LogP contribution in [0.3, 0.4) is 0 Å². The topological polar surface area (TPSA) is 54.9 Å². The molecule has 0 aliphatic rings. The summed E-state index contributed by atoms with van der Waals surface area (Å²) in [6, 6.07) is 3.93. The summed E-state index contributed by atoms with van der Waals surface area (Å²) in [5.41, 5.74) is 2.87. The van der Waals surface area contributed by atoms with Crippen molar-refractivity contribution in [3.8, 4) is 0 Å². The first-order valence-corrected chi connectivity index (χ1v) is 6.50. The minimum absolute atomic E-state index is 0.173.